The van der Waals surface area contributed by atoms with Crippen molar-refractivity contribution in [1.82, 2.24) is 14.5 Å². The predicted octanol–water partition coefficient (Wildman–Crippen LogP) is 6.27. The molecule has 0 spiro atoms. The summed E-state index contributed by atoms with van der Waals surface area (Å²) in [6.45, 7) is 7.87. The molecule has 1 aliphatic rings. The fourth-order valence-corrected chi connectivity index (χ4v) is 6.00. The summed E-state index contributed by atoms with van der Waals surface area (Å²) in [5.41, 5.74) is 10.4. The molecule has 1 aromatic heterocycles. The Morgan fingerprint density at radius 3 is 2.43 bits per heavy atom. The Balaban J connectivity index is 0.00000123. The van der Waals surface area contributed by atoms with E-state index >= 15 is 0 Å². The Hall–Kier alpha value is -4.35. The number of aliphatic hydroxyl groups is 1. The number of halogens is 2. The summed E-state index contributed by atoms with van der Waals surface area (Å²) in [5.74, 6) is 1.40. The van der Waals surface area contributed by atoms with Crippen molar-refractivity contribution in [3.05, 3.63) is 118 Å². The smallest absolute Gasteiger partial charge is 0.204 e. The molecule has 1 amide bonds. The summed E-state index contributed by atoms with van der Waals surface area (Å²) < 4.78 is 21.8. The van der Waals surface area contributed by atoms with Gasteiger partial charge in [-0.2, -0.15) is 0 Å². The van der Waals surface area contributed by atoms with E-state index in [1.165, 1.54) is 17.2 Å². The van der Waals surface area contributed by atoms with Gasteiger partial charge in [-0.05, 0) is 111 Å². The number of phenols is 1. The lowest BCUT2D eigenvalue weighted by molar-refractivity contribution is -0.106. The van der Waals surface area contributed by atoms with Crippen LogP contribution in [0.5, 0.6) is 5.75 Å². The van der Waals surface area contributed by atoms with Crippen LogP contribution in [-0.2, 0) is 41.9 Å². The number of piperidine rings is 1. The number of aliphatic hydroxyl groups excluding tert-OH is 1. The highest BCUT2D eigenvalue weighted by molar-refractivity contribution is 6.30. The number of hydrogen-bond acceptors (Lipinski definition) is 7. The van der Waals surface area contributed by atoms with Gasteiger partial charge < -0.3 is 25.3 Å². The molecule has 4 N–H and O–H groups in total. The van der Waals surface area contributed by atoms with Gasteiger partial charge in [-0.3, -0.25) is 14.7 Å². The van der Waals surface area contributed by atoms with Crippen LogP contribution in [0, 0.1) is 11.7 Å². The third-order valence-corrected chi connectivity index (χ3v) is 8.59. The Bertz CT molecular complexity index is 1680. The molecule has 1 aliphatic heterocycles. The monoisotopic (exact) mass is 691 g/mol. The summed E-state index contributed by atoms with van der Waals surface area (Å²) in [6.07, 6.45) is 10.4. The van der Waals surface area contributed by atoms with Crippen LogP contribution < -0.4 is 5.73 Å². The lowest BCUT2D eigenvalue weighted by atomic mass is 9.93. The number of fused-ring (bicyclic) bond motifs is 1. The number of hydrogen-bond donors (Lipinski definition) is 3. The summed E-state index contributed by atoms with van der Waals surface area (Å²) >= 11 is 5.86. The summed E-state index contributed by atoms with van der Waals surface area (Å²) in [7, 11) is 2.73. The van der Waals surface area contributed by atoms with E-state index in [0.717, 1.165) is 81.5 Å². The van der Waals surface area contributed by atoms with Gasteiger partial charge in [0.2, 0.25) is 6.41 Å². The first kappa shape index (κ1) is 39.1. The average Bonchev–Trinajstić information content (AvgIpc) is 3.45. The van der Waals surface area contributed by atoms with Crippen LogP contribution in [0.4, 0.5) is 4.39 Å². The molecule has 5 rings (SSSR count). The number of ether oxygens (including phenoxy) is 1. The Morgan fingerprint density at radius 1 is 1.10 bits per heavy atom. The van der Waals surface area contributed by atoms with Crippen LogP contribution in [0.1, 0.15) is 35.4 Å². The van der Waals surface area contributed by atoms with Gasteiger partial charge in [0.25, 0.3) is 0 Å². The molecule has 1 fully saturated rings. The predicted molar refractivity (Wildman–Crippen MR) is 195 cm³/mol. The minimum absolute atomic E-state index is 0.250. The van der Waals surface area contributed by atoms with Crippen molar-refractivity contribution in [1.29, 1.82) is 0 Å². The maximum atomic E-state index is 14.1. The molecular weight excluding hydrogens is 645 g/mol. The van der Waals surface area contributed by atoms with Crippen molar-refractivity contribution >= 4 is 35.8 Å². The van der Waals surface area contributed by atoms with E-state index in [1.54, 1.807) is 31.4 Å². The molecule has 4 aromatic rings. The molecular formula is C38H47ClFN5O4. The fourth-order valence-electron chi connectivity index (χ4n) is 5.84. The van der Waals surface area contributed by atoms with Gasteiger partial charge in [-0.15, -0.1) is 0 Å². The van der Waals surface area contributed by atoms with E-state index < -0.39 is 0 Å². The number of likely N-dealkylation sites (tertiary alicyclic amines) is 1. The lowest BCUT2D eigenvalue weighted by Gasteiger charge is -2.31. The molecule has 0 aliphatic carbocycles. The zero-order chi connectivity index (χ0) is 35.6. The number of aryl methyl sites for hydroxylation is 2. The lowest BCUT2D eigenvalue weighted by Crippen LogP contribution is -2.34. The number of aromatic hydroxyl groups is 1. The number of benzene rings is 3. The Labute approximate surface area is 293 Å². The van der Waals surface area contributed by atoms with E-state index in [0.29, 0.717) is 35.3 Å². The van der Waals surface area contributed by atoms with Crippen molar-refractivity contribution in [2.24, 2.45) is 16.6 Å². The van der Waals surface area contributed by atoms with Gasteiger partial charge in [0, 0.05) is 37.4 Å². The molecule has 0 radical (unpaired) electrons. The second-order valence-electron chi connectivity index (χ2n) is 11.5. The highest BCUT2D eigenvalue weighted by Crippen LogP contribution is 2.28. The SMILES string of the molecule is C=N/C(=C\C=C/Cc1ccc(Cl)cc1F)C1CCN(Cc2nc3cc(CCc4ccc(O)cc4)ccc3n2CCOC)CC1.CO.NC=O. The number of phenolic OH excluding ortho intramolecular Hbond substituents is 1. The molecule has 49 heavy (non-hydrogen) atoms. The normalized spacial score (nSPS) is 13.9. The quantitative estimate of drug-likeness (QED) is 0.0862. The minimum Gasteiger partial charge on any atom is -0.508 e. The van der Waals surface area contributed by atoms with Gasteiger partial charge >= 0.3 is 0 Å². The number of aromatic nitrogens is 2. The second-order valence-corrected chi connectivity index (χ2v) is 11.9. The van der Waals surface area contributed by atoms with E-state index in [2.05, 4.69) is 45.1 Å². The molecule has 1 saturated heterocycles. The van der Waals surface area contributed by atoms with Gasteiger partial charge in [-0.1, -0.05) is 48.0 Å². The van der Waals surface area contributed by atoms with Gasteiger partial charge in [0.05, 0.1) is 24.2 Å². The first-order valence-electron chi connectivity index (χ1n) is 16.2. The first-order valence-corrected chi connectivity index (χ1v) is 16.6. The maximum Gasteiger partial charge on any atom is 0.204 e. The van der Waals surface area contributed by atoms with Crippen molar-refractivity contribution < 1.29 is 24.1 Å². The number of rotatable bonds is 13. The molecule has 3 aromatic carbocycles. The summed E-state index contributed by atoms with van der Waals surface area (Å²) in [6, 6.07) is 18.8. The van der Waals surface area contributed by atoms with Crippen molar-refractivity contribution in [3.63, 3.8) is 0 Å². The number of carbonyl (C=O) groups excluding carboxylic acids is 1. The maximum absolute atomic E-state index is 14.1. The zero-order valence-electron chi connectivity index (χ0n) is 28.3. The average molecular weight is 692 g/mol. The van der Waals surface area contributed by atoms with Crippen LogP contribution in [0.25, 0.3) is 11.0 Å². The number of aliphatic imine (C=N–C) groups is 1. The topological polar surface area (TPSA) is 126 Å². The molecule has 9 nitrogen and oxygen atoms in total. The molecule has 0 saturated carbocycles. The zero-order valence-corrected chi connectivity index (χ0v) is 29.0. The number of methoxy groups -OCH3 is 1. The van der Waals surface area contributed by atoms with Gasteiger partial charge in [0.15, 0.2) is 0 Å². The van der Waals surface area contributed by atoms with Crippen LogP contribution in [-0.4, -0.2) is 71.7 Å². The standard InChI is InChI=1S/C36H40ClFN4O2.CH3NO.CH4O/c1-39-33(6-4-3-5-28-12-13-30(37)24-32(28)38)29-17-19-41(20-18-29)25-36-40-34-23-27(8-7-26-9-14-31(43)15-10-26)11-16-35(34)42(36)21-22-44-2;2-1-3;1-2/h3-4,6,9-16,23-24,29,43H,1,5,7-8,17-22,25H2,2H3;1H,(H2,2,3);2H,1H3/b4-3-,33-6-;;. The highest BCUT2D eigenvalue weighted by Gasteiger charge is 2.23. The van der Waals surface area contributed by atoms with Crippen LogP contribution in [0.2, 0.25) is 5.02 Å². The van der Waals surface area contributed by atoms with Crippen LogP contribution >= 0.6 is 11.6 Å². The number of nitrogens with two attached hydrogens (primary N) is 1. The number of nitrogens with zero attached hydrogens (tertiary/aromatic N) is 4. The van der Waals surface area contributed by atoms with Crippen LogP contribution in [0.3, 0.4) is 0 Å². The number of carbonyl (C=O) groups is 1. The molecule has 262 valence electrons. The first-order chi connectivity index (χ1) is 23.8. The van der Waals surface area contributed by atoms with Crippen molar-refractivity contribution in [3.8, 4) is 5.75 Å². The third kappa shape index (κ3) is 11.9. The molecule has 2 heterocycles. The summed E-state index contributed by atoms with van der Waals surface area (Å²) in [5, 5.41) is 17.0. The number of imidazole rings is 1. The number of amides is 1. The fraction of sp³-hybridized carbons (Fsp3) is 0.342. The summed E-state index contributed by atoms with van der Waals surface area (Å²) in [4.78, 5) is 20.5. The molecule has 0 atom stereocenters. The Kier molecular flexibility index (Phi) is 16.7. The second kappa shape index (κ2) is 20.9. The highest BCUT2D eigenvalue weighted by atomic mass is 35.5. The van der Waals surface area contributed by atoms with Gasteiger partial charge in [-0.25, -0.2) is 9.37 Å². The van der Waals surface area contributed by atoms with Crippen LogP contribution in [0.15, 0.2) is 89.6 Å². The van der Waals surface area contributed by atoms with Crippen molar-refractivity contribution in [2.75, 3.05) is 33.9 Å². The van der Waals surface area contributed by atoms with Crippen molar-refractivity contribution in [2.45, 2.75) is 45.2 Å². The third-order valence-electron chi connectivity index (χ3n) is 8.36. The van der Waals surface area contributed by atoms with E-state index in [4.69, 9.17) is 31.2 Å². The molecule has 0 unspecified atom stereocenters. The molecule has 11 heteroatoms. The van der Waals surface area contributed by atoms with E-state index in [-0.39, 0.29) is 12.2 Å². The Morgan fingerprint density at radius 2 is 1.78 bits per heavy atom. The largest absolute Gasteiger partial charge is 0.508 e. The number of allylic oxidation sites excluding steroid dienone is 4. The minimum atomic E-state index is -0.289. The van der Waals surface area contributed by atoms with Gasteiger partial charge in [0.1, 0.15) is 17.4 Å². The van der Waals surface area contributed by atoms with E-state index in [9.17, 15) is 9.50 Å². The number of primary amides is 1. The van der Waals surface area contributed by atoms with E-state index in [1.807, 2.05) is 30.4 Å². The molecule has 0 bridgehead atoms.